The highest BCUT2D eigenvalue weighted by atomic mass is 35.5. The summed E-state index contributed by atoms with van der Waals surface area (Å²) in [4.78, 5) is 2.40. The van der Waals surface area contributed by atoms with Crippen LogP contribution in [0.5, 0.6) is 5.75 Å². The summed E-state index contributed by atoms with van der Waals surface area (Å²) in [5, 5.41) is 1.25. The summed E-state index contributed by atoms with van der Waals surface area (Å²) in [5.74, 6) is 1.63. The zero-order chi connectivity index (χ0) is 13.7. The number of piperidine rings is 1. The third-order valence-corrected chi connectivity index (χ3v) is 4.14. The van der Waals surface area contributed by atoms with Crippen LogP contribution in [0.2, 0.25) is 10.0 Å². The van der Waals surface area contributed by atoms with Gasteiger partial charge >= 0.3 is 0 Å². The van der Waals surface area contributed by atoms with E-state index in [1.165, 1.54) is 32.4 Å². The van der Waals surface area contributed by atoms with Gasteiger partial charge in [-0.3, -0.25) is 0 Å². The molecule has 0 radical (unpaired) electrons. The normalized spacial score (nSPS) is 17.6. The lowest BCUT2D eigenvalue weighted by molar-refractivity contribution is 0.200. The van der Waals surface area contributed by atoms with E-state index < -0.39 is 0 Å². The molecule has 0 atom stereocenters. The second kappa shape index (κ2) is 7.37. The predicted molar refractivity (Wildman–Crippen MR) is 81.4 cm³/mol. The Balaban J connectivity index is 1.66. The van der Waals surface area contributed by atoms with Crippen molar-refractivity contribution in [2.24, 2.45) is 5.92 Å². The Labute approximate surface area is 125 Å². The van der Waals surface area contributed by atoms with Crippen LogP contribution in [-0.2, 0) is 0 Å². The van der Waals surface area contributed by atoms with Gasteiger partial charge in [-0.2, -0.15) is 0 Å². The summed E-state index contributed by atoms with van der Waals surface area (Å²) in [7, 11) is 2.20. The summed E-state index contributed by atoms with van der Waals surface area (Å²) < 4.78 is 5.70. The fourth-order valence-corrected chi connectivity index (χ4v) is 3.03. The molecule has 0 N–H and O–H groups in total. The van der Waals surface area contributed by atoms with Crippen molar-refractivity contribution in [3.63, 3.8) is 0 Å². The molecule has 4 heteroatoms. The van der Waals surface area contributed by atoms with Crippen LogP contribution in [0.1, 0.15) is 25.7 Å². The third kappa shape index (κ3) is 5.21. The molecule has 0 saturated carbocycles. The van der Waals surface area contributed by atoms with Gasteiger partial charge < -0.3 is 9.64 Å². The average Bonchev–Trinajstić information content (AvgIpc) is 2.36. The van der Waals surface area contributed by atoms with E-state index in [4.69, 9.17) is 27.9 Å². The van der Waals surface area contributed by atoms with Gasteiger partial charge in [0.05, 0.1) is 6.61 Å². The van der Waals surface area contributed by atoms with Crippen molar-refractivity contribution in [1.82, 2.24) is 4.90 Å². The van der Waals surface area contributed by atoms with E-state index in [1.807, 2.05) is 12.1 Å². The quantitative estimate of drug-likeness (QED) is 0.743. The van der Waals surface area contributed by atoms with Crippen molar-refractivity contribution in [1.29, 1.82) is 0 Å². The Morgan fingerprint density at radius 1 is 1.16 bits per heavy atom. The standard InChI is InChI=1S/C15H21Cl2NO/c1-18-6-4-12(5-7-18)3-2-8-19-15-10-13(16)9-14(17)11-15/h9-12H,2-8H2,1H3. The van der Waals surface area contributed by atoms with Gasteiger partial charge in [-0.25, -0.2) is 0 Å². The first kappa shape index (κ1) is 15.0. The van der Waals surface area contributed by atoms with Gasteiger partial charge in [0.1, 0.15) is 5.75 Å². The van der Waals surface area contributed by atoms with Gasteiger partial charge in [0.25, 0.3) is 0 Å². The van der Waals surface area contributed by atoms with Crippen LogP contribution in [-0.4, -0.2) is 31.6 Å². The molecule has 2 nitrogen and oxygen atoms in total. The summed E-state index contributed by atoms with van der Waals surface area (Å²) in [6, 6.07) is 5.33. The lowest BCUT2D eigenvalue weighted by atomic mass is 9.93. The molecule has 0 amide bonds. The SMILES string of the molecule is CN1CCC(CCCOc2cc(Cl)cc(Cl)c2)CC1. The summed E-state index contributed by atoms with van der Waals surface area (Å²) >= 11 is 11.9. The van der Waals surface area contributed by atoms with Crippen LogP contribution in [0.4, 0.5) is 0 Å². The van der Waals surface area contributed by atoms with Crippen molar-refractivity contribution >= 4 is 23.2 Å². The minimum atomic E-state index is 0.623. The van der Waals surface area contributed by atoms with Gasteiger partial charge in [-0.05, 0) is 69.9 Å². The van der Waals surface area contributed by atoms with Crippen LogP contribution < -0.4 is 4.74 Å². The fourth-order valence-electron chi connectivity index (χ4n) is 2.52. The summed E-state index contributed by atoms with van der Waals surface area (Å²) in [6.07, 6.45) is 4.99. The van der Waals surface area contributed by atoms with Crippen molar-refractivity contribution in [3.8, 4) is 5.75 Å². The lowest BCUT2D eigenvalue weighted by Crippen LogP contribution is -2.30. The molecular formula is C15H21Cl2NO. The molecule has 0 aromatic heterocycles. The maximum atomic E-state index is 5.93. The third-order valence-electron chi connectivity index (χ3n) is 3.70. The molecule has 0 bridgehead atoms. The Bertz CT molecular complexity index is 383. The average molecular weight is 302 g/mol. The van der Waals surface area contributed by atoms with E-state index in [2.05, 4.69) is 11.9 Å². The first-order valence-electron chi connectivity index (χ1n) is 6.91. The van der Waals surface area contributed by atoms with Crippen molar-refractivity contribution < 1.29 is 4.74 Å². The van der Waals surface area contributed by atoms with Gasteiger partial charge in [0, 0.05) is 10.0 Å². The molecule has 106 valence electrons. The summed E-state index contributed by atoms with van der Waals surface area (Å²) in [6.45, 7) is 3.20. The van der Waals surface area contributed by atoms with E-state index in [0.717, 1.165) is 24.7 Å². The number of ether oxygens (including phenoxy) is 1. The van der Waals surface area contributed by atoms with Crippen LogP contribution >= 0.6 is 23.2 Å². The monoisotopic (exact) mass is 301 g/mol. The van der Waals surface area contributed by atoms with Crippen molar-refractivity contribution in [2.75, 3.05) is 26.7 Å². The lowest BCUT2D eigenvalue weighted by Gasteiger charge is -2.28. The second-order valence-electron chi connectivity index (χ2n) is 5.34. The number of nitrogens with zero attached hydrogens (tertiary/aromatic N) is 1. The first-order valence-corrected chi connectivity index (χ1v) is 7.66. The number of rotatable bonds is 5. The Kier molecular flexibility index (Phi) is 5.80. The fraction of sp³-hybridized carbons (Fsp3) is 0.600. The molecule has 1 aromatic carbocycles. The van der Waals surface area contributed by atoms with Crippen molar-refractivity contribution in [2.45, 2.75) is 25.7 Å². The maximum absolute atomic E-state index is 5.93. The number of hydrogen-bond donors (Lipinski definition) is 0. The van der Waals surface area contributed by atoms with Gasteiger partial charge in [-0.1, -0.05) is 23.2 Å². The number of halogens is 2. The largest absolute Gasteiger partial charge is 0.493 e. The highest BCUT2D eigenvalue weighted by Crippen LogP contribution is 2.25. The molecule has 1 fully saturated rings. The van der Waals surface area contributed by atoms with E-state index in [-0.39, 0.29) is 0 Å². The van der Waals surface area contributed by atoms with E-state index in [9.17, 15) is 0 Å². The Morgan fingerprint density at radius 3 is 2.42 bits per heavy atom. The minimum absolute atomic E-state index is 0.623. The van der Waals surface area contributed by atoms with Crippen molar-refractivity contribution in [3.05, 3.63) is 28.2 Å². The molecule has 1 aromatic rings. The van der Waals surface area contributed by atoms with Crippen LogP contribution in [0.25, 0.3) is 0 Å². The zero-order valence-corrected chi connectivity index (χ0v) is 12.9. The number of benzene rings is 1. The molecule has 1 aliphatic rings. The van der Waals surface area contributed by atoms with Gasteiger partial charge in [0.15, 0.2) is 0 Å². The number of hydrogen-bond acceptors (Lipinski definition) is 2. The molecule has 1 saturated heterocycles. The molecular weight excluding hydrogens is 281 g/mol. The Hall–Kier alpha value is -0.440. The first-order chi connectivity index (χ1) is 9.13. The highest BCUT2D eigenvalue weighted by molar-refractivity contribution is 6.34. The van der Waals surface area contributed by atoms with Crippen LogP contribution in [0.15, 0.2) is 18.2 Å². The molecule has 2 rings (SSSR count). The predicted octanol–water partition coefficient (Wildman–Crippen LogP) is 4.49. The molecule has 19 heavy (non-hydrogen) atoms. The maximum Gasteiger partial charge on any atom is 0.122 e. The second-order valence-corrected chi connectivity index (χ2v) is 6.22. The van der Waals surface area contributed by atoms with E-state index in [1.54, 1.807) is 6.07 Å². The van der Waals surface area contributed by atoms with Crippen LogP contribution in [0.3, 0.4) is 0 Å². The minimum Gasteiger partial charge on any atom is -0.493 e. The molecule has 0 spiro atoms. The molecule has 0 unspecified atom stereocenters. The molecule has 1 aliphatic heterocycles. The Morgan fingerprint density at radius 2 is 1.79 bits per heavy atom. The van der Waals surface area contributed by atoms with E-state index >= 15 is 0 Å². The van der Waals surface area contributed by atoms with E-state index in [0.29, 0.717) is 10.0 Å². The summed E-state index contributed by atoms with van der Waals surface area (Å²) in [5.41, 5.74) is 0. The van der Waals surface area contributed by atoms with Crippen LogP contribution in [0, 0.1) is 5.92 Å². The smallest absolute Gasteiger partial charge is 0.122 e. The topological polar surface area (TPSA) is 12.5 Å². The number of likely N-dealkylation sites (tertiary alicyclic amines) is 1. The van der Waals surface area contributed by atoms with Gasteiger partial charge in [0.2, 0.25) is 0 Å². The van der Waals surface area contributed by atoms with Gasteiger partial charge in [-0.15, -0.1) is 0 Å². The zero-order valence-electron chi connectivity index (χ0n) is 11.4. The molecule has 0 aliphatic carbocycles. The molecule has 1 heterocycles. The highest BCUT2D eigenvalue weighted by Gasteiger charge is 2.15.